The Morgan fingerprint density at radius 2 is 1.50 bits per heavy atom. The van der Waals surface area contributed by atoms with Gasteiger partial charge < -0.3 is 4.84 Å². The van der Waals surface area contributed by atoms with Gasteiger partial charge in [-0.15, -0.1) is 0 Å². The molecule has 0 N–H and O–H groups in total. The molecule has 2 rings (SSSR count). The molecule has 0 aromatic heterocycles. The van der Waals surface area contributed by atoms with Crippen molar-refractivity contribution in [3.63, 3.8) is 0 Å². The molecule has 0 saturated carbocycles. The normalized spacial score (nSPS) is 10.4. The van der Waals surface area contributed by atoms with Gasteiger partial charge in [0, 0.05) is 0 Å². The van der Waals surface area contributed by atoms with E-state index in [1.54, 1.807) is 0 Å². The predicted molar refractivity (Wildman–Crippen MR) is 75.9 cm³/mol. The molecule has 0 saturated heterocycles. The zero-order chi connectivity index (χ0) is 13.0. The predicted octanol–water partition coefficient (Wildman–Crippen LogP) is 4.20. The van der Waals surface area contributed by atoms with Crippen LogP contribution in [0.2, 0.25) is 0 Å². The summed E-state index contributed by atoms with van der Waals surface area (Å²) in [5, 5.41) is 1.95. The van der Waals surface area contributed by atoms with Crippen molar-refractivity contribution in [3.8, 4) is 5.75 Å². The lowest BCUT2D eigenvalue weighted by molar-refractivity contribution is 0.253. The molecule has 0 atom stereocenters. The van der Waals surface area contributed by atoms with Gasteiger partial charge in [-0.25, -0.2) is 5.06 Å². The zero-order valence-electron chi connectivity index (χ0n) is 11.1. The summed E-state index contributed by atoms with van der Waals surface area (Å²) in [4.78, 5) is 5.98. The molecule has 0 aliphatic carbocycles. The smallest absolute Gasteiger partial charge is 0.155 e. The SMILES string of the molecule is Cc1ccccc1N(Oc1ccccc1)C(C)C. The van der Waals surface area contributed by atoms with Crippen molar-refractivity contribution in [2.24, 2.45) is 0 Å². The van der Waals surface area contributed by atoms with Gasteiger partial charge in [0.2, 0.25) is 0 Å². The van der Waals surface area contributed by atoms with E-state index in [-0.39, 0.29) is 6.04 Å². The summed E-state index contributed by atoms with van der Waals surface area (Å²) in [6.07, 6.45) is 0. The van der Waals surface area contributed by atoms with Crippen molar-refractivity contribution >= 4 is 5.69 Å². The van der Waals surface area contributed by atoms with E-state index in [9.17, 15) is 0 Å². The van der Waals surface area contributed by atoms with Crippen LogP contribution in [-0.2, 0) is 0 Å². The molecule has 18 heavy (non-hydrogen) atoms. The van der Waals surface area contributed by atoms with Crippen molar-refractivity contribution in [2.45, 2.75) is 26.8 Å². The monoisotopic (exact) mass is 241 g/mol. The van der Waals surface area contributed by atoms with E-state index in [0.717, 1.165) is 11.4 Å². The molecule has 0 fully saturated rings. The molecule has 0 radical (unpaired) electrons. The van der Waals surface area contributed by atoms with Gasteiger partial charge in [0.25, 0.3) is 0 Å². The summed E-state index contributed by atoms with van der Waals surface area (Å²) in [6.45, 7) is 6.34. The number of rotatable bonds is 4. The molecule has 2 heteroatoms. The van der Waals surface area contributed by atoms with Crippen LogP contribution in [0.25, 0.3) is 0 Å². The van der Waals surface area contributed by atoms with Crippen molar-refractivity contribution < 1.29 is 4.84 Å². The molecular weight excluding hydrogens is 222 g/mol. The number of nitrogens with zero attached hydrogens (tertiary/aromatic N) is 1. The van der Waals surface area contributed by atoms with Gasteiger partial charge in [-0.05, 0) is 44.5 Å². The summed E-state index contributed by atoms with van der Waals surface area (Å²) in [7, 11) is 0. The van der Waals surface area contributed by atoms with Gasteiger partial charge in [0.05, 0.1) is 11.7 Å². The van der Waals surface area contributed by atoms with Gasteiger partial charge in [-0.2, -0.15) is 0 Å². The summed E-state index contributed by atoms with van der Waals surface area (Å²) < 4.78 is 0. The van der Waals surface area contributed by atoms with E-state index in [0.29, 0.717) is 0 Å². The molecule has 2 aromatic carbocycles. The maximum absolute atomic E-state index is 5.98. The molecule has 0 spiro atoms. The van der Waals surface area contributed by atoms with Gasteiger partial charge in [-0.1, -0.05) is 36.4 Å². The van der Waals surface area contributed by atoms with E-state index in [2.05, 4.69) is 32.9 Å². The highest BCUT2D eigenvalue weighted by Crippen LogP contribution is 2.23. The fraction of sp³-hybridized carbons (Fsp3) is 0.250. The van der Waals surface area contributed by atoms with Crippen LogP contribution in [0.1, 0.15) is 19.4 Å². The maximum Gasteiger partial charge on any atom is 0.155 e. The van der Waals surface area contributed by atoms with Gasteiger partial charge in [0.15, 0.2) is 5.75 Å². The molecule has 94 valence electrons. The number of para-hydroxylation sites is 2. The Labute approximate surface area is 109 Å². The van der Waals surface area contributed by atoms with Crippen LogP contribution in [0.15, 0.2) is 54.6 Å². The van der Waals surface area contributed by atoms with E-state index in [4.69, 9.17) is 4.84 Å². The first kappa shape index (κ1) is 12.5. The highest BCUT2D eigenvalue weighted by atomic mass is 16.7. The standard InChI is InChI=1S/C16H19NO/c1-13(2)17(16-12-8-7-9-14(16)3)18-15-10-5-4-6-11-15/h4-13H,1-3H3. The Balaban J connectivity index is 2.27. The Kier molecular flexibility index (Phi) is 3.88. The summed E-state index contributed by atoms with van der Waals surface area (Å²) >= 11 is 0. The summed E-state index contributed by atoms with van der Waals surface area (Å²) in [5.74, 6) is 0.856. The fourth-order valence-corrected chi connectivity index (χ4v) is 1.84. The van der Waals surface area contributed by atoms with Gasteiger partial charge in [0.1, 0.15) is 0 Å². The first-order chi connectivity index (χ1) is 8.68. The maximum atomic E-state index is 5.98. The second kappa shape index (κ2) is 5.58. The molecule has 0 aliphatic heterocycles. The molecule has 2 nitrogen and oxygen atoms in total. The number of anilines is 1. The van der Waals surface area contributed by atoms with Crippen LogP contribution in [0, 0.1) is 6.92 Å². The molecule has 0 unspecified atom stereocenters. The second-order valence-corrected chi connectivity index (χ2v) is 4.61. The molecule has 2 aromatic rings. The van der Waals surface area contributed by atoms with Crippen molar-refractivity contribution in [3.05, 3.63) is 60.2 Å². The fourth-order valence-electron chi connectivity index (χ4n) is 1.84. The minimum atomic E-state index is 0.270. The van der Waals surface area contributed by atoms with Gasteiger partial charge in [-0.3, -0.25) is 0 Å². The Morgan fingerprint density at radius 1 is 0.889 bits per heavy atom. The summed E-state index contributed by atoms with van der Waals surface area (Å²) in [6, 6.07) is 18.4. The first-order valence-electron chi connectivity index (χ1n) is 6.26. The summed E-state index contributed by atoms with van der Waals surface area (Å²) in [5.41, 5.74) is 2.32. The quantitative estimate of drug-likeness (QED) is 0.744. The van der Waals surface area contributed by atoms with Crippen LogP contribution in [0.3, 0.4) is 0 Å². The molecule has 0 bridgehead atoms. The average molecular weight is 241 g/mol. The molecule has 0 heterocycles. The second-order valence-electron chi connectivity index (χ2n) is 4.61. The Bertz CT molecular complexity index is 493. The first-order valence-corrected chi connectivity index (χ1v) is 6.26. The third kappa shape index (κ3) is 2.83. The van der Waals surface area contributed by atoms with Crippen LogP contribution < -0.4 is 9.90 Å². The van der Waals surface area contributed by atoms with Crippen molar-refractivity contribution in [1.82, 2.24) is 0 Å². The lowest BCUT2D eigenvalue weighted by atomic mass is 10.2. The van der Waals surface area contributed by atoms with E-state index < -0.39 is 0 Å². The topological polar surface area (TPSA) is 12.5 Å². The van der Waals surface area contributed by atoms with Crippen LogP contribution in [0.4, 0.5) is 5.69 Å². The van der Waals surface area contributed by atoms with E-state index in [1.807, 2.05) is 47.5 Å². The number of aryl methyl sites for hydroxylation is 1. The highest BCUT2D eigenvalue weighted by Gasteiger charge is 2.14. The average Bonchev–Trinajstić information content (AvgIpc) is 2.38. The van der Waals surface area contributed by atoms with Crippen molar-refractivity contribution in [1.29, 1.82) is 0 Å². The molecular formula is C16H19NO. The highest BCUT2D eigenvalue weighted by molar-refractivity contribution is 5.52. The molecule has 0 amide bonds. The Morgan fingerprint density at radius 3 is 2.11 bits per heavy atom. The van der Waals surface area contributed by atoms with Crippen LogP contribution >= 0.6 is 0 Å². The third-order valence-electron chi connectivity index (χ3n) is 2.77. The number of benzene rings is 2. The number of hydrogen-bond donors (Lipinski definition) is 0. The lowest BCUT2D eigenvalue weighted by Crippen LogP contribution is -2.34. The number of hydrogen-bond acceptors (Lipinski definition) is 2. The van der Waals surface area contributed by atoms with Crippen molar-refractivity contribution in [2.75, 3.05) is 5.06 Å². The van der Waals surface area contributed by atoms with E-state index in [1.165, 1.54) is 5.56 Å². The molecule has 0 aliphatic rings. The third-order valence-corrected chi connectivity index (χ3v) is 2.77. The zero-order valence-corrected chi connectivity index (χ0v) is 11.1. The Hall–Kier alpha value is -1.96. The minimum absolute atomic E-state index is 0.270. The lowest BCUT2D eigenvalue weighted by Gasteiger charge is -2.29. The number of hydroxylamine groups is 1. The largest absolute Gasteiger partial charge is 0.379 e. The van der Waals surface area contributed by atoms with Crippen LogP contribution in [-0.4, -0.2) is 6.04 Å². The van der Waals surface area contributed by atoms with Gasteiger partial charge >= 0.3 is 0 Å². The van der Waals surface area contributed by atoms with Crippen LogP contribution in [0.5, 0.6) is 5.75 Å². The van der Waals surface area contributed by atoms with E-state index >= 15 is 0 Å². The minimum Gasteiger partial charge on any atom is -0.379 e.